The lowest BCUT2D eigenvalue weighted by atomic mass is 10.1. The maximum Gasteiger partial charge on any atom is 0.472 e. The lowest BCUT2D eigenvalue weighted by molar-refractivity contribution is -0.154. The summed E-state index contributed by atoms with van der Waals surface area (Å²) in [6, 6.07) is 0. The van der Waals surface area contributed by atoms with Gasteiger partial charge in [0, 0.05) is 19.6 Å². The van der Waals surface area contributed by atoms with Crippen molar-refractivity contribution >= 4 is 13.8 Å². The number of carbonyl (C=O) groups is 1. The standard InChI is InChI=1S/C49H84NO7P/c1-3-5-7-9-11-13-15-17-19-21-22-23-24-25-27-29-31-33-35-37-39-41-44-54-46-48(47-56-58(52,53)55-45-43-50)57-49(51)42-40-38-36-34-32-30-28-26-20-18-16-14-12-10-8-6-4-2/h5,7,11-14,17-20,22-23,25,27,31,33,48H,3-4,6,8-10,15-16,21,24,26,28-30,32,34-47,50H2,1-2H3,(H,52,53)/b7-5-,13-11-,14-12-,19-17-,20-18-,23-22-,27-25-,33-31-. The number of unbranched alkanes of at least 4 members (excludes halogenated alkanes) is 13. The van der Waals surface area contributed by atoms with Gasteiger partial charge in [-0.2, -0.15) is 0 Å². The molecule has 0 aliphatic carbocycles. The Labute approximate surface area is 355 Å². The van der Waals surface area contributed by atoms with Crippen LogP contribution >= 0.6 is 7.82 Å². The van der Waals surface area contributed by atoms with E-state index in [1.165, 1.54) is 51.4 Å². The molecular weight excluding hydrogens is 746 g/mol. The van der Waals surface area contributed by atoms with Crippen LogP contribution in [0.3, 0.4) is 0 Å². The Kier molecular flexibility index (Phi) is 43.5. The normalized spacial score (nSPS) is 14.3. The van der Waals surface area contributed by atoms with Crippen LogP contribution in [0.5, 0.6) is 0 Å². The first-order chi connectivity index (χ1) is 28.4. The first-order valence-electron chi connectivity index (χ1n) is 22.7. The molecule has 0 spiro atoms. The number of hydrogen-bond donors (Lipinski definition) is 2. The summed E-state index contributed by atoms with van der Waals surface area (Å²) >= 11 is 0. The van der Waals surface area contributed by atoms with E-state index in [4.69, 9.17) is 24.3 Å². The molecule has 3 N–H and O–H groups in total. The highest BCUT2D eigenvalue weighted by Gasteiger charge is 2.25. The van der Waals surface area contributed by atoms with Crippen molar-refractivity contribution in [3.8, 4) is 0 Å². The summed E-state index contributed by atoms with van der Waals surface area (Å²) < 4.78 is 33.4. The van der Waals surface area contributed by atoms with Crippen LogP contribution < -0.4 is 5.73 Å². The van der Waals surface area contributed by atoms with Crippen LogP contribution in [-0.2, 0) is 27.9 Å². The number of hydrogen-bond acceptors (Lipinski definition) is 7. The van der Waals surface area contributed by atoms with Gasteiger partial charge in [-0.15, -0.1) is 0 Å². The zero-order chi connectivity index (χ0) is 42.3. The third-order valence-electron chi connectivity index (χ3n) is 8.99. The van der Waals surface area contributed by atoms with E-state index in [1.807, 2.05) is 0 Å². The van der Waals surface area contributed by atoms with Crippen molar-refractivity contribution in [2.24, 2.45) is 5.73 Å². The molecule has 0 saturated carbocycles. The van der Waals surface area contributed by atoms with Crippen molar-refractivity contribution in [2.45, 2.75) is 174 Å². The molecule has 58 heavy (non-hydrogen) atoms. The fourth-order valence-electron chi connectivity index (χ4n) is 5.68. The minimum atomic E-state index is -4.30. The van der Waals surface area contributed by atoms with Gasteiger partial charge in [0.05, 0.1) is 19.8 Å². The van der Waals surface area contributed by atoms with E-state index in [9.17, 15) is 14.3 Å². The van der Waals surface area contributed by atoms with Gasteiger partial charge in [0.15, 0.2) is 0 Å². The molecular formula is C49H84NO7P. The van der Waals surface area contributed by atoms with E-state index in [-0.39, 0.29) is 32.3 Å². The second-order valence-electron chi connectivity index (χ2n) is 14.5. The number of ether oxygens (including phenoxy) is 2. The lowest BCUT2D eigenvalue weighted by Gasteiger charge is -2.20. The Morgan fingerprint density at radius 1 is 0.534 bits per heavy atom. The summed E-state index contributed by atoms with van der Waals surface area (Å²) in [6.45, 7) is 4.66. The molecule has 0 aromatic carbocycles. The van der Waals surface area contributed by atoms with Crippen LogP contribution in [-0.4, -0.2) is 49.9 Å². The van der Waals surface area contributed by atoms with Gasteiger partial charge in [-0.1, -0.05) is 162 Å². The van der Waals surface area contributed by atoms with Crippen molar-refractivity contribution in [3.63, 3.8) is 0 Å². The number of esters is 1. The van der Waals surface area contributed by atoms with Crippen LogP contribution in [0.1, 0.15) is 168 Å². The summed E-state index contributed by atoms with van der Waals surface area (Å²) in [7, 11) is -4.30. The second-order valence-corrected chi connectivity index (χ2v) is 16.0. The highest BCUT2D eigenvalue weighted by Crippen LogP contribution is 2.43. The number of phosphoric acid groups is 1. The van der Waals surface area contributed by atoms with Crippen LogP contribution in [0, 0.1) is 0 Å². The predicted molar refractivity (Wildman–Crippen MR) is 247 cm³/mol. The molecule has 0 aliphatic heterocycles. The van der Waals surface area contributed by atoms with Gasteiger partial charge in [-0.05, 0) is 96.3 Å². The van der Waals surface area contributed by atoms with Crippen LogP contribution in [0.4, 0.5) is 0 Å². The highest BCUT2D eigenvalue weighted by molar-refractivity contribution is 7.47. The van der Waals surface area contributed by atoms with E-state index < -0.39 is 13.9 Å². The highest BCUT2D eigenvalue weighted by atomic mass is 31.2. The van der Waals surface area contributed by atoms with Gasteiger partial charge in [-0.3, -0.25) is 13.8 Å². The van der Waals surface area contributed by atoms with Gasteiger partial charge in [0.25, 0.3) is 0 Å². The molecule has 0 aliphatic rings. The zero-order valence-corrected chi connectivity index (χ0v) is 37.6. The summed E-state index contributed by atoms with van der Waals surface area (Å²) in [5, 5.41) is 0. The molecule has 0 aromatic heterocycles. The molecule has 0 fully saturated rings. The van der Waals surface area contributed by atoms with Crippen LogP contribution in [0.15, 0.2) is 97.2 Å². The van der Waals surface area contributed by atoms with Crippen molar-refractivity contribution in [3.05, 3.63) is 97.2 Å². The first-order valence-corrected chi connectivity index (χ1v) is 24.2. The molecule has 0 heterocycles. The third kappa shape index (κ3) is 44.5. The van der Waals surface area contributed by atoms with Gasteiger partial charge < -0.3 is 20.1 Å². The summed E-state index contributed by atoms with van der Waals surface area (Å²) in [5.41, 5.74) is 5.37. The minimum Gasteiger partial charge on any atom is -0.457 e. The number of allylic oxidation sites excluding steroid dienone is 16. The summed E-state index contributed by atoms with van der Waals surface area (Å²) in [4.78, 5) is 22.5. The SMILES string of the molecule is CC/C=C\C/C=C\C/C=C\C/C=C\C/C=C\C/C=C\CCCCCOCC(COP(=O)(O)OCCN)OC(=O)CCCCCCCCC/C=C\C/C=C\CCCCC. The van der Waals surface area contributed by atoms with Gasteiger partial charge in [0.2, 0.25) is 0 Å². The molecule has 2 atom stereocenters. The Bertz CT molecular complexity index is 1200. The minimum absolute atomic E-state index is 0.0840. The first kappa shape index (κ1) is 55.4. The fourth-order valence-corrected chi connectivity index (χ4v) is 6.44. The maximum atomic E-state index is 12.6. The van der Waals surface area contributed by atoms with Crippen LogP contribution in [0.25, 0.3) is 0 Å². The number of rotatable bonds is 42. The monoisotopic (exact) mass is 830 g/mol. The predicted octanol–water partition coefficient (Wildman–Crippen LogP) is 13.9. The third-order valence-corrected chi connectivity index (χ3v) is 9.97. The Morgan fingerprint density at radius 2 is 0.966 bits per heavy atom. The fraction of sp³-hybridized carbons (Fsp3) is 0.653. The maximum absolute atomic E-state index is 12.6. The number of phosphoric ester groups is 1. The molecule has 8 nitrogen and oxygen atoms in total. The number of carbonyl (C=O) groups excluding carboxylic acids is 1. The molecule has 0 aromatic rings. The largest absolute Gasteiger partial charge is 0.472 e. The molecule has 332 valence electrons. The Balaban J connectivity index is 4.13. The molecule has 0 rings (SSSR count). The van der Waals surface area contributed by atoms with Gasteiger partial charge >= 0.3 is 13.8 Å². The molecule has 0 bridgehead atoms. The summed E-state index contributed by atoms with van der Waals surface area (Å²) in [5.74, 6) is -0.355. The molecule has 0 radical (unpaired) electrons. The van der Waals surface area contributed by atoms with Gasteiger partial charge in [-0.25, -0.2) is 4.57 Å². The van der Waals surface area contributed by atoms with Crippen molar-refractivity contribution < 1.29 is 32.8 Å². The van der Waals surface area contributed by atoms with Crippen molar-refractivity contribution in [2.75, 3.05) is 33.0 Å². The van der Waals surface area contributed by atoms with E-state index in [2.05, 4.69) is 111 Å². The molecule has 0 amide bonds. The zero-order valence-electron chi connectivity index (χ0n) is 36.7. The lowest BCUT2D eigenvalue weighted by Crippen LogP contribution is -2.28. The Hall–Kier alpha value is -2.58. The average molecular weight is 830 g/mol. The van der Waals surface area contributed by atoms with E-state index in [0.717, 1.165) is 96.3 Å². The van der Waals surface area contributed by atoms with Crippen LogP contribution in [0.2, 0.25) is 0 Å². The number of nitrogens with two attached hydrogens (primary N) is 1. The summed E-state index contributed by atoms with van der Waals surface area (Å²) in [6.07, 6.45) is 60.0. The van der Waals surface area contributed by atoms with Gasteiger partial charge in [0.1, 0.15) is 6.10 Å². The molecule has 2 unspecified atom stereocenters. The average Bonchev–Trinajstić information content (AvgIpc) is 3.21. The van der Waals surface area contributed by atoms with E-state index in [0.29, 0.717) is 13.0 Å². The van der Waals surface area contributed by atoms with Crippen molar-refractivity contribution in [1.82, 2.24) is 0 Å². The van der Waals surface area contributed by atoms with E-state index in [1.54, 1.807) is 0 Å². The van der Waals surface area contributed by atoms with E-state index >= 15 is 0 Å². The smallest absolute Gasteiger partial charge is 0.457 e. The molecule has 0 saturated heterocycles. The molecule has 9 heteroatoms. The second kappa shape index (κ2) is 45.5. The van der Waals surface area contributed by atoms with Crippen molar-refractivity contribution in [1.29, 1.82) is 0 Å². The quantitative estimate of drug-likeness (QED) is 0.0270. The topological polar surface area (TPSA) is 117 Å². The Morgan fingerprint density at radius 3 is 1.45 bits per heavy atom.